The van der Waals surface area contributed by atoms with E-state index < -0.39 is 5.97 Å². The largest absolute Gasteiger partial charge is 0.465 e. The average molecular weight is 342 g/mol. The van der Waals surface area contributed by atoms with Crippen molar-refractivity contribution >= 4 is 11.9 Å². The van der Waals surface area contributed by atoms with Crippen molar-refractivity contribution in [3.8, 4) is 11.5 Å². The van der Waals surface area contributed by atoms with E-state index in [1.807, 2.05) is 18.2 Å². The fraction of sp³-hybridized carbons (Fsp3) is 0.263. The summed E-state index contributed by atoms with van der Waals surface area (Å²) in [6.07, 6.45) is 0.844. The zero-order valence-electron chi connectivity index (χ0n) is 13.8. The van der Waals surface area contributed by atoms with Gasteiger partial charge < -0.3 is 18.9 Å². The third-order valence-corrected chi connectivity index (χ3v) is 3.83. The molecule has 25 heavy (non-hydrogen) atoms. The van der Waals surface area contributed by atoms with Crippen molar-refractivity contribution in [3.05, 3.63) is 59.2 Å². The van der Waals surface area contributed by atoms with Gasteiger partial charge in [0.05, 0.1) is 12.7 Å². The number of methoxy groups -OCH3 is 1. The van der Waals surface area contributed by atoms with Gasteiger partial charge in [0.15, 0.2) is 11.5 Å². The van der Waals surface area contributed by atoms with Crippen LogP contribution >= 0.6 is 0 Å². The standard InChI is InChI=1S/C19H18O6/c1-22-19(21)15-6-2-14(3-7-15)11-23-18(20)9-5-13-4-8-16-17(10-13)25-12-24-16/h2-4,6-8,10H,5,9,11-12H2,1H3. The number of carbonyl (C=O) groups excluding carboxylic acids is 2. The fourth-order valence-electron chi connectivity index (χ4n) is 2.43. The number of benzene rings is 2. The predicted octanol–water partition coefficient (Wildman–Crippen LogP) is 2.88. The van der Waals surface area contributed by atoms with Gasteiger partial charge in [0.2, 0.25) is 6.79 Å². The van der Waals surface area contributed by atoms with Crippen molar-refractivity contribution in [2.24, 2.45) is 0 Å². The lowest BCUT2D eigenvalue weighted by Crippen LogP contribution is -2.06. The van der Waals surface area contributed by atoms with Crippen LogP contribution in [0.25, 0.3) is 0 Å². The number of rotatable bonds is 6. The molecule has 0 saturated carbocycles. The van der Waals surface area contributed by atoms with Gasteiger partial charge in [0, 0.05) is 6.42 Å². The summed E-state index contributed by atoms with van der Waals surface area (Å²) in [6, 6.07) is 12.4. The number of aryl methyl sites for hydroxylation is 1. The SMILES string of the molecule is COC(=O)c1ccc(COC(=O)CCc2ccc3c(c2)OCO3)cc1. The molecule has 6 nitrogen and oxygen atoms in total. The number of esters is 2. The first-order chi connectivity index (χ1) is 12.2. The molecule has 6 heteroatoms. The number of ether oxygens (including phenoxy) is 4. The molecule has 0 fully saturated rings. The van der Waals surface area contributed by atoms with E-state index in [1.165, 1.54) is 7.11 Å². The Labute approximate surface area is 145 Å². The Hall–Kier alpha value is -3.02. The molecule has 0 atom stereocenters. The molecule has 2 aromatic carbocycles. The van der Waals surface area contributed by atoms with E-state index in [1.54, 1.807) is 24.3 Å². The molecule has 1 aliphatic rings. The van der Waals surface area contributed by atoms with Gasteiger partial charge in [-0.2, -0.15) is 0 Å². The van der Waals surface area contributed by atoms with E-state index in [2.05, 4.69) is 4.74 Å². The van der Waals surface area contributed by atoms with E-state index >= 15 is 0 Å². The maximum Gasteiger partial charge on any atom is 0.337 e. The van der Waals surface area contributed by atoms with E-state index in [0.717, 1.165) is 16.9 Å². The van der Waals surface area contributed by atoms with Gasteiger partial charge in [-0.15, -0.1) is 0 Å². The van der Waals surface area contributed by atoms with Gasteiger partial charge in [0.25, 0.3) is 0 Å². The summed E-state index contributed by atoms with van der Waals surface area (Å²) in [4.78, 5) is 23.2. The monoisotopic (exact) mass is 342 g/mol. The smallest absolute Gasteiger partial charge is 0.337 e. The zero-order chi connectivity index (χ0) is 17.6. The third-order valence-electron chi connectivity index (χ3n) is 3.83. The number of hydrogen-bond acceptors (Lipinski definition) is 6. The molecule has 0 radical (unpaired) electrons. The summed E-state index contributed by atoms with van der Waals surface area (Å²) in [5, 5.41) is 0. The maximum atomic E-state index is 11.9. The number of carbonyl (C=O) groups is 2. The van der Waals surface area contributed by atoms with E-state index in [-0.39, 0.29) is 25.8 Å². The second-order valence-corrected chi connectivity index (χ2v) is 5.54. The van der Waals surface area contributed by atoms with Gasteiger partial charge >= 0.3 is 11.9 Å². The van der Waals surface area contributed by atoms with Crippen LogP contribution in [0, 0.1) is 0 Å². The van der Waals surface area contributed by atoms with Crippen LogP contribution < -0.4 is 9.47 Å². The Morgan fingerprint density at radius 2 is 1.72 bits per heavy atom. The molecule has 130 valence electrons. The second-order valence-electron chi connectivity index (χ2n) is 5.54. The predicted molar refractivity (Wildman–Crippen MR) is 88.5 cm³/mol. The zero-order valence-corrected chi connectivity index (χ0v) is 13.8. The second kappa shape index (κ2) is 7.70. The van der Waals surface area contributed by atoms with Crippen molar-refractivity contribution in [2.45, 2.75) is 19.4 Å². The topological polar surface area (TPSA) is 71.1 Å². The molecule has 1 heterocycles. The summed E-state index contributed by atoms with van der Waals surface area (Å²) in [6.45, 7) is 0.400. The van der Waals surface area contributed by atoms with Crippen LogP contribution in [0.5, 0.6) is 11.5 Å². The Morgan fingerprint density at radius 1 is 1.00 bits per heavy atom. The van der Waals surface area contributed by atoms with Crippen LogP contribution in [0.4, 0.5) is 0 Å². The molecule has 0 N–H and O–H groups in total. The van der Waals surface area contributed by atoms with Crippen molar-refractivity contribution in [3.63, 3.8) is 0 Å². The maximum absolute atomic E-state index is 11.9. The van der Waals surface area contributed by atoms with Gasteiger partial charge in [-0.05, 0) is 41.8 Å². The summed E-state index contributed by atoms with van der Waals surface area (Å²) in [7, 11) is 1.33. The van der Waals surface area contributed by atoms with Crippen LogP contribution in [0.15, 0.2) is 42.5 Å². The Balaban J connectivity index is 1.46. The van der Waals surface area contributed by atoms with E-state index in [9.17, 15) is 9.59 Å². The summed E-state index contributed by atoms with van der Waals surface area (Å²) in [5.74, 6) is 0.750. The first-order valence-electron chi connectivity index (χ1n) is 7.87. The molecule has 0 aliphatic carbocycles. The molecule has 3 rings (SSSR count). The summed E-state index contributed by atoms with van der Waals surface area (Å²) >= 11 is 0. The lowest BCUT2D eigenvalue weighted by molar-refractivity contribution is -0.144. The molecule has 0 amide bonds. The molecule has 0 spiro atoms. The number of fused-ring (bicyclic) bond motifs is 1. The van der Waals surface area contributed by atoms with Crippen LogP contribution in [0.1, 0.15) is 27.9 Å². The Bertz CT molecular complexity index is 766. The van der Waals surface area contributed by atoms with Crippen LogP contribution in [0.3, 0.4) is 0 Å². The normalized spacial score (nSPS) is 11.9. The molecule has 0 aromatic heterocycles. The molecule has 0 bridgehead atoms. The molecule has 1 aliphatic heterocycles. The summed E-state index contributed by atoms with van der Waals surface area (Å²) < 4.78 is 20.5. The molecule has 0 saturated heterocycles. The van der Waals surface area contributed by atoms with E-state index in [0.29, 0.717) is 17.7 Å². The Morgan fingerprint density at radius 3 is 2.48 bits per heavy atom. The first-order valence-corrected chi connectivity index (χ1v) is 7.87. The van der Waals surface area contributed by atoms with E-state index in [4.69, 9.17) is 14.2 Å². The molecular weight excluding hydrogens is 324 g/mol. The first kappa shape index (κ1) is 16.8. The van der Waals surface area contributed by atoms with Gasteiger partial charge in [-0.1, -0.05) is 18.2 Å². The third kappa shape index (κ3) is 4.29. The minimum absolute atomic E-state index is 0.168. The van der Waals surface area contributed by atoms with Crippen molar-refractivity contribution < 1.29 is 28.5 Å². The number of hydrogen-bond donors (Lipinski definition) is 0. The van der Waals surface area contributed by atoms with Crippen LogP contribution in [-0.2, 0) is 27.3 Å². The lowest BCUT2D eigenvalue weighted by Gasteiger charge is -2.06. The highest BCUT2D eigenvalue weighted by molar-refractivity contribution is 5.89. The van der Waals surface area contributed by atoms with Crippen LogP contribution in [-0.4, -0.2) is 25.8 Å². The van der Waals surface area contributed by atoms with Crippen molar-refractivity contribution in [2.75, 3.05) is 13.9 Å². The highest BCUT2D eigenvalue weighted by atomic mass is 16.7. The molecular formula is C19H18O6. The molecule has 2 aromatic rings. The fourth-order valence-corrected chi connectivity index (χ4v) is 2.43. The van der Waals surface area contributed by atoms with Crippen molar-refractivity contribution in [1.82, 2.24) is 0 Å². The highest BCUT2D eigenvalue weighted by Gasteiger charge is 2.14. The lowest BCUT2D eigenvalue weighted by atomic mass is 10.1. The minimum atomic E-state index is -0.396. The van der Waals surface area contributed by atoms with Gasteiger partial charge in [0.1, 0.15) is 6.61 Å². The summed E-state index contributed by atoms with van der Waals surface area (Å²) in [5.41, 5.74) is 2.26. The Kier molecular flexibility index (Phi) is 5.18. The highest BCUT2D eigenvalue weighted by Crippen LogP contribution is 2.32. The minimum Gasteiger partial charge on any atom is -0.465 e. The molecule has 0 unspecified atom stereocenters. The van der Waals surface area contributed by atoms with Crippen molar-refractivity contribution in [1.29, 1.82) is 0 Å². The van der Waals surface area contributed by atoms with Gasteiger partial charge in [-0.3, -0.25) is 4.79 Å². The van der Waals surface area contributed by atoms with Gasteiger partial charge in [-0.25, -0.2) is 4.79 Å². The average Bonchev–Trinajstić information content (AvgIpc) is 3.12. The quantitative estimate of drug-likeness (QED) is 0.752. The van der Waals surface area contributed by atoms with Crippen LogP contribution in [0.2, 0.25) is 0 Å².